The van der Waals surface area contributed by atoms with Crippen molar-refractivity contribution in [3.8, 4) is 0 Å². The maximum absolute atomic E-state index is 12.2. The SMILES string of the molecule is O=C1N[C@@H]2CN(C(=O)O)CC[C@@H]2OC1c1ccc([N+](=O)[O-])cc1. The summed E-state index contributed by atoms with van der Waals surface area (Å²) in [5.41, 5.74) is 0.477. The lowest BCUT2D eigenvalue weighted by molar-refractivity contribution is -0.384. The third-order valence-corrected chi connectivity index (χ3v) is 4.10. The molecule has 3 atom stereocenters. The number of carboxylic acid groups (broad SMARTS) is 1. The molecule has 0 aliphatic carbocycles. The van der Waals surface area contributed by atoms with E-state index in [1.165, 1.54) is 29.2 Å². The third kappa shape index (κ3) is 2.95. The Hall–Kier alpha value is -2.68. The molecule has 2 saturated heterocycles. The van der Waals surface area contributed by atoms with E-state index in [0.717, 1.165) is 0 Å². The molecule has 2 amide bonds. The normalized spacial score (nSPS) is 27.0. The first-order valence-electron chi connectivity index (χ1n) is 7.14. The number of carbonyl (C=O) groups excluding carboxylic acids is 1. The number of hydrogen-bond donors (Lipinski definition) is 2. The number of hydrogen-bond acceptors (Lipinski definition) is 5. The summed E-state index contributed by atoms with van der Waals surface area (Å²) in [7, 11) is 0. The summed E-state index contributed by atoms with van der Waals surface area (Å²) >= 11 is 0. The molecular weight excluding hydrogens is 306 g/mol. The Morgan fingerprint density at radius 1 is 1.39 bits per heavy atom. The number of nitro groups is 1. The van der Waals surface area contributed by atoms with Gasteiger partial charge < -0.3 is 20.1 Å². The first-order valence-corrected chi connectivity index (χ1v) is 7.14. The monoisotopic (exact) mass is 321 g/mol. The van der Waals surface area contributed by atoms with Gasteiger partial charge in [-0.2, -0.15) is 0 Å². The van der Waals surface area contributed by atoms with Crippen molar-refractivity contribution in [2.24, 2.45) is 0 Å². The van der Waals surface area contributed by atoms with E-state index in [1.54, 1.807) is 0 Å². The second kappa shape index (κ2) is 5.84. The first kappa shape index (κ1) is 15.2. The highest BCUT2D eigenvalue weighted by Crippen LogP contribution is 2.29. The highest BCUT2D eigenvalue weighted by molar-refractivity contribution is 5.83. The number of amides is 2. The van der Waals surface area contributed by atoms with Crippen LogP contribution in [-0.2, 0) is 9.53 Å². The van der Waals surface area contributed by atoms with Gasteiger partial charge in [-0.3, -0.25) is 14.9 Å². The molecule has 2 aliphatic heterocycles. The van der Waals surface area contributed by atoms with Gasteiger partial charge in [0.2, 0.25) is 0 Å². The zero-order valence-corrected chi connectivity index (χ0v) is 12.0. The first-order chi connectivity index (χ1) is 11.0. The lowest BCUT2D eigenvalue weighted by Gasteiger charge is -2.42. The number of likely N-dealkylation sites (tertiary alicyclic amines) is 1. The molecule has 1 aromatic carbocycles. The molecule has 2 N–H and O–H groups in total. The summed E-state index contributed by atoms with van der Waals surface area (Å²) in [5, 5.41) is 22.5. The molecule has 3 rings (SSSR count). The molecule has 2 aliphatic rings. The summed E-state index contributed by atoms with van der Waals surface area (Å²) in [6, 6.07) is 5.27. The molecule has 0 spiro atoms. The second-order valence-electron chi connectivity index (χ2n) is 5.54. The van der Waals surface area contributed by atoms with E-state index in [1.807, 2.05) is 0 Å². The maximum atomic E-state index is 12.2. The number of fused-ring (bicyclic) bond motifs is 1. The van der Waals surface area contributed by atoms with E-state index >= 15 is 0 Å². The lowest BCUT2D eigenvalue weighted by atomic mass is 9.97. The molecule has 2 heterocycles. The molecule has 23 heavy (non-hydrogen) atoms. The van der Waals surface area contributed by atoms with Crippen LogP contribution in [0.15, 0.2) is 24.3 Å². The number of piperidine rings is 1. The number of rotatable bonds is 2. The Labute approximate surface area is 131 Å². The highest BCUT2D eigenvalue weighted by Gasteiger charge is 2.41. The minimum atomic E-state index is -1.02. The van der Waals surface area contributed by atoms with E-state index in [-0.39, 0.29) is 30.3 Å². The lowest BCUT2D eigenvalue weighted by Crippen LogP contribution is -2.61. The fourth-order valence-electron chi connectivity index (χ4n) is 2.90. The number of morpholine rings is 1. The van der Waals surface area contributed by atoms with Crippen molar-refractivity contribution in [3.05, 3.63) is 39.9 Å². The summed E-state index contributed by atoms with van der Waals surface area (Å²) in [6.07, 6.45) is -1.65. The van der Waals surface area contributed by atoms with Gasteiger partial charge in [0.25, 0.3) is 11.6 Å². The molecule has 0 radical (unpaired) electrons. The topological polar surface area (TPSA) is 122 Å². The Morgan fingerprint density at radius 3 is 2.70 bits per heavy atom. The summed E-state index contributed by atoms with van der Waals surface area (Å²) in [5.74, 6) is -0.368. The molecule has 0 bridgehead atoms. The quantitative estimate of drug-likeness (QED) is 0.616. The predicted molar refractivity (Wildman–Crippen MR) is 76.9 cm³/mol. The van der Waals surface area contributed by atoms with Gasteiger partial charge >= 0.3 is 6.09 Å². The fourth-order valence-corrected chi connectivity index (χ4v) is 2.90. The fraction of sp³-hybridized carbons (Fsp3) is 0.429. The van der Waals surface area contributed by atoms with Crippen LogP contribution < -0.4 is 5.32 Å². The number of ether oxygens (including phenoxy) is 1. The van der Waals surface area contributed by atoms with Gasteiger partial charge in [-0.05, 0) is 24.1 Å². The third-order valence-electron chi connectivity index (χ3n) is 4.10. The van der Waals surface area contributed by atoms with Gasteiger partial charge in [0.05, 0.1) is 17.1 Å². The van der Waals surface area contributed by atoms with Gasteiger partial charge in [0, 0.05) is 25.2 Å². The van der Waals surface area contributed by atoms with Crippen LogP contribution in [0.5, 0.6) is 0 Å². The Kier molecular flexibility index (Phi) is 3.87. The Balaban J connectivity index is 1.73. The van der Waals surface area contributed by atoms with Crippen molar-refractivity contribution >= 4 is 17.7 Å². The summed E-state index contributed by atoms with van der Waals surface area (Å²) in [4.78, 5) is 34.6. The summed E-state index contributed by atoms with van der Waals surface area (Å²) in [6.45, 7) is 0.540. The molecular formula is C14H15N3O6. The van der Waals surface area contributed by atoms with E-state index < -0.39 is 17.1 Å². The van der Waals surface area contributed by atoms with Crippen molar-refractivity contribution in [1.29, 1.82) is 0 Å². The van der Waals surface area contributed by atoms with Crippen LogP contribution in [-0.4, -0.2) is 52.2 Å². The van der Waals surface area contributed by atoms with Gasteiger partial charge in [0.15, 0.2) is 6.10 Å². The number of benzene rings is 1. The van der Waals surface area contributed by atoms with Gasteiger partial charge in [0.1, 0.15) is 0 Å². The van der Waals surface area contributed by atoms with Crippen molar-refractivity contribution in [1.82, 2.24) is 10.2 Å². The van der Waals surface area contributed by atoms with Crippen LogP contribution >= 0.6 is 0 Å². The molecule has 1 unspecified atom stereocenters. The van der Waals surface area contributed by atoms with Crippen molar-refractivity contribution in [2.75, 3.05) is 13.1 Å². The summed E-state index contributed by atoms with van der Waals surface area (Å²) < 4.78 is 5.82. The van der Waals surface area contributed by atoms with Crippen LogP contribution in [0, 0.1) is 10.1 Å². The number of nitro benzene ring substituents is 1. The average Bonchev–Trinajstić information content (AvgIpc) is 2.53. The average molecular weight is 321 g/mol. The van der Waals surface area contributed by atoms with E-state index in [0.29, 0.717) is 18.5 Å². The van der Waals surface area contributed by atoms with Gasteiger partial charge in [-0.15, -0.1) is 0 Å². The zero-order valence-electron chi connectivity index (χ0n) is 12.0. The van der Waals surface area contributed by atoms with Crippen molar-refractivity contribution < 1.29 is 24.4 Å². The maximum Gasteiger partial charge on any atom is 0.407 e. The van der Waals surface area contributed by atoms with Crippen LogP contribution in [0.2, 0.25) is 0 Å². The van der Waals surface area contributed by atoms with E-state index in [2.05, 4.69) is 5.32 Å². The second-order valence-corrected chi connectivity index (χ2v) is 5.54. The van der Waals surface area contributed by atoms with Crippen LogP contribution in [0.1, 0.15) is 18.1 Å². The van der Waals surface area contributed by atoms with Crippen molar-refractivity contribution in [2.45, 2.75) is 24.7 Å². The number of nitrogens with one attached hydrogen (secondary N) is 1. The number of carbonyl (C=O) groups is 2. The van der Waals surface area contributed by atoms with Crippen LogP contribution in [0.25, 0.3) is 0 Å². The standard InChI is InChI=1S/C14H15N3O6/c18-13-12(8-1-3-9(4-2-8)17(21)22)23-11-5-6-16(14(19)20)7-10(11)15-13/h1-4,10-12H,5-7H2,(H,15,18)(H,19,20)/t10-,11+,12?/m1/s1. The molecule has 2 fully saturated rings. The van der Waals surface area contributed by atoms with E-state index in [9.17, 15) is 19.7 Å². The minimum absolute atomic E-state index is 0.0578. The molecule has 9 heteroatoms. The molecule has 1 aromatic rings. The predicted octanol–water partition coefficient (Wildman–Crippen LogP) is 0.903. The number of nitrogens with zero attached hydrogens (tertiary/aromatic N) is 2. The smallest absolute Gasteiger partial charge is 0.407 e. The number of non-ortho nitro benzene ring substituents is 1. The molecule has 122 valence electrons. The highest BCUT2D eigenvalue weighted by atomic mass is 16.6. The Bertz CT molecular complexity index is 646. The largest absolute Gasteiger partial charge is 0.465 e. The van der Waals surface area contributed by atoms with Crippen molar-refractivity contribution in [3.63, 3.8) is 0 Å². The Morgan fingerprint density at radius 2 is 2.09 bits per heavy atom. The van der Waals surface area contributed by atoms with Crippen LogP contribution in [0.3, 0.4) is 0 Å². The van der Waals surface area contributed by atoms with Gasteiger partial charge in [-0.1, -0.05) is 0 Å². The van der Waals surface area contributed by atoms with Crippen LogP contribution in [0.4, 0.5) is 10.5 Å². The minimum Gasteiger partial charge on any atom is -0.465 e. The molecule has 9 nitrogen and oxygen atoms in total. The molecule has 0 aromatic heterocycles. The molecule has 0 saturated carbocycles. The van der Waals surface area contributed by atoms with Gasteiger partial charge in [-0.25, -0.2) is 4.79 Å². The zero-order chi connectivity index (χ0) is 16.6. The van der Waals surface area contributed by atoms with E-state index in [4.69, 9.17) is 9.84 Å².